The van der Waals surface area contributed by atoms with Crippen molar-refractivity contribution in [2.75, 3.05) is 0 Å². The molecule has 0 N–H and O–H groups in total. The van der Waals surface area contributed by atoms with Crippen LogP contribution in [0, 0.1) is 0 Å². The fourth-order valence-electron chi connectivity index (χ4n) is 1.02. The summed E-state index contributed by atoms with van der Waals surface area (Å²) in [5.74, 6) is 0. The van der Waals surface area contributed by atoms with E-state index in [2.05, 4.69) is 13.2 Å². The molecule has 0 aliphatic carbocycles. The molecule has 0 aliphatic rings. The number of hydrogen-bond acceptors (Lipinski definition) is 3. The molecule has 0 saturated carbocycles. The Morgan fingerprint density at radius 1 is 1.20 bits per heavy atom. The molecule has 1 rings (SSSR count). The molecule has 0 atom stereocenters. The molecule has 82 valence electrons. The molecule has 0 radical (unpaired) electrons. The first-order valence-corrected chi connectivity index (χ1v) is 5.42. The second-order valence-corrected chi connectivity index (χ2v) is 3.35. The van der Waals surface area contributed by atoms with Gasteiger partial charge in [-0.15, -0.1) is 0 Å². The van der Waals surface area contributed by atoms with E-state index in [0.717, 1.165) is 0 Å². The minimum atomic E-state index is -0.287. The van der Waals surface area contributed by atoms with Gasteiger partial charge < -0.3 is 4.57 Å². The van der Waals surface area contributed by atoms with Crippen molar-refractivity contribution in [1.82, 2.24) is 4.57 Å². The van der Waals surface area contributed by atoms with Crippen LogP contribution in [0.1, 0.15) is 25.1 Å². The van der Waals surface area contributed by atoms with E-state index in [9.17, 15) is 9.59 Å². The van der Waals surface area contributed by atoms with Crippen LogP contribution in [-0.4, -0.2) is 4.57 Å². The summed E-state index contributed by atoms with van der Waals surface area (Å²) >= 11 is 0.672. The molecule has 0 unspecified atom stereocenters. The zero-order valence-electron chi connectivity index (χ0n) is 9.24. The Hall–Kier alpha value is -1.42. The van der Waals surface area contributed by atoms with Crippen molar-refractivity contribution in [2.45, 2.75) is 13.8 Å². The van der Waals surface area contributed by atoms with Gasteiger partial charge in [0.25, 0.3) is 0 Å². The Morgan fingerprint density at radius 3 is 2.13 bits per heavy atom. The zero-order valence-corrected chi connectivity index (χ0v) is 10.1. The average molecular weight is 225 g/mol. The Bertz CT molecular complexity index is 468. The predicted molar refractivity (Wildman–Crippen MR) is 67.4 cm³/mol. The summed E-state index contributed by atoms with van der Waals surface area (Å²) in [6.45, 7) is 11.1. The van der Waals surface area contributed by atoms with Gasteiger partial charge in [-0.2, -0.15) is 0 Å². The van der Waals surface area contributed by atoms with Crippen LogP contribution in [0.15, 0.2) is 22.7 Å². The fraction of sp³-hybridized carbons (Fsp3) is 0.273. The normalized spacial score (nSPS) is 8.73. The van der Waals surface area contributed by atoms with Crippen molar-refractivity contribution >= 4 is 23.5 Å². The molecule has 4 heteroatoms. The predicted octanol–water partition coefficient (Wildman–Crippen LogP) is 2.12. The van der Waals surface area contributed by atoms with Gasteiger partial charge in [-0.3, -0.25) is 9.59 Å². The van der Waals surface area contributed by atoms with Crippen molar-refractivity contribution in [3.63, 3.8) is 0 Å². The maximum Gasteiger partial charge on any atom is 0.310 e. The van der Waals surface area contributed by atoms with Gasteiger partial charge in [0.1, 0.15) is 0 Å². The van der Waals surface area contributed by atoms with E-state index in [-0.39, 0.29) is 9.62 Å². The highest BCUT2D eigenvalue weighted by Gasteiger charge is 2.06. The Balaban J connectivity index is 0.000000921. The summed E-state index contributed by atoms with van der Waals surface area (Å²) in [7, 11) is 1.60. The molecule has 0 amide bonds. The summed E-state index contributed by atoms with van der Waals surface area (Å²) < 4.78 is 1.11. The molecule has 0 aliphatic heterocycles. The molecule has 0 spiro atoms. The highest BCUT2D eigenvalue weighted by atomic mass is 32.1. The van der Waals surface area contributed by atoms with Gasteiger partial charge >= 0.3 is 4.87 Å². The monoisotopic (exact) mass is 225 g/mol. The average Bonchev–Trinajstić information content (AvgIpc) is 2.25. The summed E-state index contributed by atoms with van der Waals surface area (Å²) in [6.07, 6.45) is 2.92. The van der Waals surface area contributed by atoms with E-state index >= 15 is 0 Å². The third-order valence-electron chi connectivity index (χ3n) is 1.71. The second kappa shape index (κ2) is 6.14. The molecular formula is C11H15NO2S. The largest absolute Gasteiger partial charge is 0.310 e. The van der Waals surface area contributed by atoms with Gasteiger partial charge in [-0.05, 0) is 17.4 Å². The topological polar surface area (TPSA) is 39.1 Å². The van der Waals surface area contributed by atoms with E-state index < -0.39 is 0 Å². The summed E-state index contributed by atoms with van der Waals surface area (Å²) in [4.78, 5) is 22.2. The molecule has 3 nitrogen and oxygen atoms in total. The highest BCUT2D eigenvalue weighted by Crippen LogP contribution is 2.04. The minimum Gasteiger partial charge on any atom is -0.302 e. The van der Waals surface area contributed by atoms with E-state index in [0.29, 0.717) is 22.6 Å². The quantitative estimate of drug-likeness (QED) is 0.773. The van der Waals surface area contributed by atoms with Gasteiger partial charge in [-0.25, -0.2) is 0 Å². The first-order chi connectivity index (χ1) is 7.11. The Kier molecular flexibility index (Phi) is 5.56. The Labute approximate surface area is 93.0 Å². The van der Waals surface area contributed by atoms with Gasteiger partial charge in [0.2, 0.25) is 4.74 Å². The van der Waals surface area contributed by atoms with Crippen LogP contribution in [0.4, 0.5) is 0 Å². The lowest BCUT2D eigenvalue weighted by molar-refractivity contribution is 0.868. The third-order valence-corrected chi connectivity index (χ3v) is 2.56. The first-order valence-electron chi connectivity index (χ1n) is 4.60. The maximum absolute atomic E-state index is 11.3. The number of aromatic nitrogens is 1. The van der Waals surface area contributed by atoms with Crippen molar-refractivity contribution < 1.29 is 0 Å². The van der Waals surface area contributed by atoms with Crippen LogP contribution >= 0.6 is 11.3 Å². The van der Waals surface area contributed by atoms with E-state index in [1.807, 2.05) is 13.8 Å². The lowest BCUT2D eigenvalue weighted by Gasteiger charge is -2.04. The molecular weight excluding hydrogens is 210 g/mol. The minimum absolute atomic E-state index is 0.270. The first kappa shape index (κ1) is 13.6. The molecule has 0 aromatic carbocycles. The highest BCUT2D eigenvalue weighted by molar-refractivity contribution is 7.06. The second-order valence-electron chi connectivity index (χ2n) is 2.42. The van der Waals surface area contributed by atoms with Crippen LogP contribution in [0.3, 0.4) is 0 Å². The molecule has 1 aromatic rings. The maximum atomic E-state index is 11.3. The van der Waals surface area contributed by atoms with Crippen LogP contribution in [0.25, 0.3) is 12.2 Å². The van der Waals surface area contributed by atoms with Crippen molar-refractivity contribution in [1.29, 1.82) is 0 Å². The third kappa shape index (κ3) is 2.76. The van der Waals surface area contributed by atoms with Crippen LogP contribution in [-0.2, 0) is 7.05 Å². The van der Waals surface area contributed by atoms with Gasteiger partial charge in [-0.1, -0.05) is 33.1 Å². The smallest absolute Gasteiger partial charge is 0.302 e. The molecule has 0 fully saturated rings. The summed E-state index contributed by atoms with van der Waals surface area (Å²) in [5, 5.41) is 0. The standard InChI is InChI=1S/C9H9NO2S.C2H6/c1-4-6-7(5-2)10(3)9(12)13-8(6)11;1-2/h4-5H,1-2H2,3H3;1-2H3. The van der Waals surface area contributed by atoms with E-state index in [4.69, 9.17) is 0 Å². The lowest BCUT2D eigenvalue weighted by atomic mass is 10.2. The zero-order chi connectivity index (χ0) is 12.0. The van der Waals surface area contributed by atoms with Crippen molar-refractivity contribution in [3.8, 4) is 0 Å². The SMILES string of the molecule is C=Cc1c(C=C)n(C)c(=O)sc1=O.CC. The lowest BCUT2D eigenvalue weighted by Crippen LogP contribution is -2.22. The van der Waals surface area contributed by atoms with Crippen molar-refractivity contribution in [2.24, 2.45) is 7.05 Å². The molecule has 0 saturated heterocycles. The van der Waals surface area contributed by atoms with E-state index in [1.165, 1.54) is 16.7 Å². The summed E-state index contributed by atoms with van der Waals surface area (Å²) in [5.41, 5.74) is 0.950. The number of rotatable bonds is 2. The van der Waals surface area contributed by atoms with Crippen LogP contribution < -0.4 is 9.62 Å². The van der Waals surface area contributed by atoms with Crippen LogP contribution in [0.5, 0.6) is 0 Å². The van der Waals surface area contributed by atoms with Gasteiger partial charge in [0, 0.05) is 7.05 Å². The van der Waals surface area contributed by atoms with Crippen molar-refractivity contribution in [3.05, 3.63) is 43.6 Å². The molecule has 15 heavy (non-hydrogen) atoms. The van der Waals surface area contributed by atoms with E-state index in [1.54, 1.807) is 7.05 Å². The number of hydrogen-bond donors (Lipinski definition) is 0. The molecule has 0 bridgehead atoms. The fourth-order valence-corrected chi connectivity index (χ4v) is 1.71. The molecule has 1 heterocycles. The molecule has 1 aromatic heterocycles. The van der Waals surface area contributed by atoms with Gasteiger partial charge in [0.15, 0.2) is 0 Å². The summed E-state index contributed by atoms with van der Waals surface area (Å²) in [6, 6.07) is 0. The number of nitrogens with zero attached hydrogens (tertiary/aromatic N) is 1. The van der Waals surface area contributed by atoms with Gasteiger partial charge in [0.05, 0.1) is 11.3 Å². The van der Waals surface area contributed by atoms with Crippen LogP contribution in [0.2, 0.25) is 0 Å². The Morgan fingerprint density at radius 2 is 1.73 bits per heavy atom.